The van der Waals surface area contributed by atoms with Crippen LogP contribution in [0.2, 0.25) is 0 Å². The third-order valence-corrected chi connectivity index (χ3v) is 5.83. The first kappa shape index (κ1) is 19.2. The molecule has 0 saturated heterocycles. The van der Waals surface area contributed by atoms with E-state index in [4.69, 9.17) is 0 Å². The first-order valence-electron chi connectivity index (χ1n) is 9.60. The van der Waals surface area contributed by atoms with E-state index < -0.39 is 35.4 Å². The van der Waals surface area contributed by atoms with Crippen molar-refractivity contribution < 1.29 is 27.9 Å². The number of aliphatic hydroxyl groups excluding tert-OH is 1. The molecule has 1 unspecified atom stereocenters. The Balaban J connectivity index is 1.42. The fourth-order valence-corrected chi connectivity index (χ4v) is 3.60. The van der Waals surface area contributed by atoms with E-state index in [-0.39, 0.29) is 31.1 Å². The summed E-state index contributed by atoms with van der Waals surface area (Å²) in [5.74, 6) is -4.72. The minimum atomic E-state index is -2.80. The lowest BCUT2D eigenvalue weighted by Gasteiger charge is -2.33. The molecule has 1 aromatic rings. The molecule has 3 aliphatic rings. The Hall–Kier alpha value is -2.09. The SMILES string of the molecule is O=C(CN(CC1CC1(F)F)C(=O)c1ccc(C2(F)CC2)cc1)NC1CC(O)C1. The van der Waals surface area contributed by atoms with Crippen LogP contribution in [0.3, 0.4) is 0 Å². The van der Waals surface area contributed by atoms with Gasteiger partial charge in [-0.3, -0.25) is 9.59 Å². The van der Waals surface area contributed by atoms with Gasteiger partial charge in [0, 0.05) is 30.5 Å². The van der Waals surface area contributed by atoms with Crippen LogP contribution >= 0.6 is 0 Å². The molecule has 0 bridgehead atoms. The molecular weight excluding hydrogens is 373 g/mol. The van der Waals surface area contributed by atoms with Crippen LogP contribution < -0.4 is 5.32 Å². The molecule has 8 heteroatoms. The fraction of sp³-hybridized carbons (Fsp3) is 0.600. The number of nitrogens with zero attached hydrogens (tertiary/aromatic N) is 1. The molecule has 1 atom stereocenters. The summed E-state index contributed by atoms with van der Waals surface area (Å²) in [6, 6.07) is 5.89. The summed E-state index contributed by atoms with van der Waals surface area (Å²) in [5.41, 5.74) is -0.570. The number of nitrogens with one attached hydrogen (secondary N) is 1. The number of aliphatic hydroxyl groups is 1. The Morgan fingerprint density at radius 1 is 1.14 bits per heavy atom. The lowest BCUT2D eigenvalue weighted by Crippen LogP contribution is -2.50. The number of carbonyl (C=O) groups is 2. The topological polar surface area (TPSA) is 69.6 Å². The summed E-state index contributed by atoms with van der Waals surface area (Å²) in [4.78, 5) is 26.2. The number of carbonyl (C=O) groups excluding carboxylic acids is 2. The number of hydrogen-bond acceptors (Lipinski definition) is 3. The maximum atomic E-state index is 14.1. The Morgan fingerprint density at radius 2 is 1.75 bits per heavy atom. The van der Waals surface area contributed by atoms with Crippen molar-refractivity contribution in [1.82, 2.24) is 10.2 Å². The van der Waals surface area contributed by atoms with E-state index >= 15 is 0 Å². The second kappa shape index (κ2) is 6.76. The van der Waals surface area contributed by atoms with Gasteiger partial charge in [0.2, 0.25) is 5.91 Å². The largest absolute Gasteiger partial charge is 0.393 e. The molecule has 0 radical (unpaired) electrons. The van der Waals surface area contributed by atoms with Gasteiger partial charge in [-0.15, -0.1) is 0 Å². The molecule has 0 aliphatic heterocycles. The Bertz CT molecular complexity index is 773. The molecule has 1 aromatic carbocycles. The predicted molar refractivity (Wildman–Crippen MR) is 94.6 cm³/mol. The average Bonchev–Trinajstić information content (AvgIpc) is 3.50. The number of amides is 2. The predicted octanol–water partition coefficient (Wildman–Crippen LogP) is 2.38. The standard InChI is InChI=1S/C20H23F3N2O3/c21-19(5-6-19)13-3-1-12(2-4-13)18(28)25(10-14-9-20(14,22)23)11-17(27)24-15-7-16(26)8-15/h1-4,14-16,26H,5-11H2,(H,24,27). The normalized spacial score (nSPS) is 28.8. The second-order valence-electron chi connectivity index (χ2n) is 8.28. The highest BCUT2D eigenvalue weighted by Crippen LogP contribution is 2.50. The molecule has 4 rings (SSSR count). The van der Waals surface area contributed by atoms with Crippen LogP contribution in [0.25, 0.3) is 0 Å². The smallest absolute Gasteiger partial charge is 0.254 e. The van der Waals surface area contributed by atoms with Crippen molar-refractivity contribution in [2.75, 3.05) is 13.1 Å². The lowest BCUT2D eigenvalue weighted by atomic mass is 9.89. The van der Waals surface area contributed by atoms with Crippen LogP contribution in [0.1, 0.15) is 48.0 Å². The van der Waals surface area contributed by atoms with Crippen molar-refractivity contribution in [3.63, 3.8) is 0 Å². The number of alkyl halides is 3. The zero-order valence-electron chi connectivity index (χ0n) is 15.3. The Kier molecular flexibility index (Phi) is 4.64. The van der Waals surface area contributed by atoms with E-state index in [9.17, 15) is 27.9 Å². The monoisotopic (exact) mass is 396 g/mol. The van der Waals surface area contributed by atoms with Gasteiger partial charge >= 0.3 is 0 Å². The number of rotatable bonds is 7. The molecule has 0 aromatic heterocycles. The zero-order chi connectivity index (χ0) is 20.1. The van der Waals surface area contributed by atoms with Crippen molar-refractivity contribution in [2.24, 2.45) is 5.92 Å². The van der Waals surface area contributed by atoms with Crippen LogP contribution in [-0.2, 0) is 10.5 Å². The van der Waals surface area contributed by atoms with Gasteiger partial charge in [-0.05, 0) is 43.4 Å². The summed E-state index contributed by atoms with van der Waals surface area (Å²) in [7, 11) is 0. The number of halogens is 3. The molecule has 2 N–H and O–H groups in total. The maximum absolute atomic E-state index is 14.1. The molecule has 3 fully saturated rings. The zero-order valence-corrected chi connectivity index (χ0v) is 15.3. The van der Waals surface area contributed by atoms with Gasteiger partial charge in [-0.2, -0.15) is 0 Å². The van der Waals surface area contributed by atoms with Crippen LogP contribution in [0.15, 0.2) is 24.3 Å². The van der Waals surface area contributed by atoms with Gasteiger partial charge in [-0.25, -0.2) is 13.2 Å². The van der Waals surface area contributed by atoms with Crippen LogP contribution in [0.4, 0.5) is 13.2 Å². The third-order valence-electron chi connectivity index (χ3n) is 5.83. The highest BCUT2D eigenvalue weighted by Gasteiger charge is 2.57. The van der Waals surface area contributed by atoms with Crippen molar-refractivity contribution in [3.8, 4) is 0 Å². The summed E-state index contributed by atoms with van der Waals surface area (Å²) >= 11 is 0. The Labute approximate surface area is 160 Å². The first-order chi connectivity index (χ1) is 13.2. The summed E-state index contributed by atoms with van der Waals surface area (Å²) in [6.45, 7) is -0.534. The highest BCUT2D eigenvalue weighted by molar-refractivity contribution is 5.96. The molecule has 0 spiro atoms. The third kappa shape index (κ3) is 4.01. The molecule has 3 saturated carbocycles. The van der Waals surface area contributed by atoms with Gasteiger partial charge in [0.15, 0.2) is 0 Å². The van der Waals surface area contributed by atoms with E-state index in [0.717, 1.165) is 4.90 Å². The van der Waals surface area contributed by atoms with Crippen LogP contribution in [0, 0.1) is 5.92 Å². The lowest BCUT2D eigenvalue weighted by molar-refractivity contribution is -0.124. The molecule has 0 heterocycles. The van der Waals surface area contributed by atoms with E-state index in [1.807, 2.05) is 0 Å². The van der Waals surface area contributed by atoms with Crippen LogP contribution in [0.5, 0.6) is 0 Å². The Morgan fingerprint density at radius 3 is 2.25 bits per heavy atom. The number of hydrogen-bond donors (Lipinski definition) is 2. The summed E-state index contributed by atoms with van der Waals surface area (Å²) < 4.78 is 40.8. The maximum Gasteiger partial charge on any atom is 0.254 e. The minimum absolute atomic E-state index is 0.152. The average molecular weight is 396 g/mol. The van der Waals surface area contributed by atoms with E-state index in [1.54, 1.807) is 12.1 Å². The van der Waals surface area contributed by atoms with Gasteiger partial charge in [0.25, 0.3) is 11.8 Å². The van der Waals surface area contributed by atoms with E-state index in [1.165, 1.54) is 12.1 Å². The van der Waals surface area contributed by atoms with Gasteiger partial charge < -0.3 is 15.3 Å². The first-order valence-corrected chi connectivity index (χ1v) is 9.60. The minimum Gasteiger partial charge on any atom is -0.393 e. The quantitative estimate of drug-likeness (QED) is 0.744. The van der Waals surface area contributed by atoms with E-state index in [0.29, 0.717) is 31.2 Å². The molecule has 5 nitrogen and oxygen atoms in total. The molecule has 2 amide bonds. The molecule has 3 aliphatic carbocycles. The van der Waals surface area contributed by atoms with Crippen molar-refractivity contribution >= 4 is 11.8 Å². The van der Waals surface area contributed by atoms with Crippen molar-refractivity contribution in [2.45, 2.75) is 55.8 Å². The van der Waals surface area contributed by atoms with Crippen molar-refractivity contribution in [3.05, 3.63) is 35.4 Å². The molecular formula is C20H23F3N2O3. The molecule has 28 heavy (non-hydrogen) atoms. The highest BCUT2D eigenvalue weighted by atomic mass is 19.3. The van der Waals surface area contributed by atoms with Gasteiger partial charge in [0.05, 0.1) is 12.6 Å². The van der Waals surface area contributed by atoms with Gasteiger partial charge in [-0.1, -0.05) is 12.1 Å². The van der Waals surface area contributed by atoms with Crippen LogP contribution in [-0.4, -0.2) is 53.0 Å². The fourth-order valence-electron chi connectivity index (χ4n) is 3.60. The summed E-state index contributed by atoms with van der Waals surface area (Å²) in [6.07, 6.45) is 1.09. The molecule has 152 valence electrons. The van der Waals surface area contributed by atoms with Gasteiger partial charge in [0.1, 0.15) is 5.67 Å². The van der Waals surface area contributed by atoms with E-state index in [2.05, 4.69) is 5.32 Å². The summed E-state index contributed by atoms with van der Waals surface area (Å²) in [5, 5.41) is 12.0. The number of benzene rings is 1. The second-order valence-corrected chi connectivity index (χ2v) is 8.28. The van der Waals surface area contributed by atoms with Crippen molar-refractivity contribution in [1.29, 1.82) is 0 Å².